The summed E-state index contributed by atoms with van der Waals surface area (Å²) in [6, 6.07) is 7.01. The number of carbonyl (C=O) groups is 1. The second-order valence-corrected chi connectivity index (χ2v) is 5.75. The second kappa shape index (κ2) is 5.97. The van der Waals surface area contributed by atoms with Crippen molar-refractivity contribution in [2.45, 2.75) is 13.8 Å². The van der Waals surface area contributed by atoms with Gasteiger partial charge in [-0.05, 0) is 44.2 Å². The maximum Gasteiger partial charge on any atom is 0.285 e. The van der Waals surface area contributed by atoms with Gasteiger partial charge in [0.15, 0.2) is 0 Å². The molecule has 1 N–H and O–H groups in total. The molecule has 0 radical (unpaired) electrons. The number of nitrogens with one attached hydrogen (secondary N) is 1. The molecule has 0 saturated carbocycles. The van der Waals surface area contributed by atoms with Crippen LogP contribution < -0.4 is 5.32 Å². The van der Waals surface area contributed by atoms with E-state index in [-0.39, 0.29) is 11.1 Å². The number of amides is 1. The predicted molar refractivity (Wildman–Crippen MR) is 91.2 cm³/mol. The van der Waals surface area contributed by atoms with Gasteiger partial charge in [0.25, 0.3) is 11.6 Å². The molecule has 0 aliphatic heterocycles. The third-order valence-electron chi connectivity index (χ3n) is 4.05. The Kier molecular flexibility index (Phi) is 3.96. The van der Waals surface area contributed by atoms with Crippen LogP contribution in [0.2, 0.25) is 0 Å². The number of aromatic nitrogens is 2. The van der Waals surface area contributed by atoms with Crippen LogP contribution in [-0.4, -0.2) is 20.4 Å². The number of fused-ring (bicyclic) bond motifs is 1. The Morgan fingerprint density at radius 3 is 2.68 bits per heavy atom. The molecule has 3 rings (SSSR count). The minimum atomic E-state index is -0.749. The number of rotatable bonds is 3. The lowest BCUT2D eigenvalue weighted by Gasteiger charge is -2.08. The number of carbonyl (C=O) groups excluding carboxylic acids is 1. The van der Waals surface area contributed by atoms with Gasteiger partial charge in [-0.1, -0.05) is 0 Å². The van der Waals surface area contributed by atoms with Gasteiger partial charge in [-0.15, -0.1) is 0 Å². The van der Waals surface area contributed by atoms with E-state index in [9.17, 15) is 19.3 Å². The van der Waals surface area contributed by atoms with Gasteiger partial charge in [-0.25, -0.2) is 9.37 Å². The molecule has 0 aliphatic carbocycles. The van der Waals surface area contributed by atoms with Crippen LogP contribution in [0.25, 0.3) is 11.0 Å². The smallest absolute Gasteiger partial charge is 0.285 e. The van der Waals surface area contributed by atoms with Crippen LogP contribution in [0.4, 0.5) is 15.8 Å². The van der Waals surface area contributed by atoms with Crippen molar-refractivity contribution in [2.75, 3.05) is 5.32 Å². The van der Waals surface area contributed by atoms with Crippen LogP contribution in [0.15, 0.2) is 30.3 Å². The highest BCUT2D eigenvalue weighted by atomic mass is 19.1. The van der Waals surface area contributed by atoms with Gasteiger partial charge in [-0.3, -0.25) is 14.9 Å². The molecule has 3 aromatic rings. The summed E-state index contributed by atoms with van der Waals surface area (Å²) in [6.07, 6.45) is 0. The summed E-state index contributed by atoms with van der Waals surface area (Å²) in [5.74, 6) is -0.639. The highest BCUT2D eigenvalue weighted by molar-refractivity contribution is 6.08. The Morgan fingerprint density at radius 2 is 2.00 bits per heavy atom. The van der Waals surface area contributed by atoms with E-state index in [1.807, 2.05) is 18.5 Å². The highest BCUT2D eigenvalue weighted by Crippen LogP contribution is 2.26. The number of imidazole rings is 1. The molecule has 0 atom stereocenters. The zero-order chi connectivity index (χ0) is 18.3. The molecule has 1 heterocycles. The van der Waals surface area contributed by atoms with Gasteiger partial charge in [0, 0.05) is 18.3 Å². The number of benzene rings is 2. The second-order valence-electron chi connectivity index (χ2n) is 5.75. The fourth-order valence-electron chi connectivity index (χ4n) is 2.75. The van der Waals surface area contributed by atoms with E-state index in [1.54, 1.807) is 18.2 Å². The van der Waals surface area contributed by atoms with Crippen molar-refractivity contribution in [3.05, 3.63) is 63.2 Å². The molecular weight excluding hydrogens is 327 g/mol. The first-order valence-corrected chi connectivity index (χ1v) is 7.47. The van der Waals surface area contributed by atoms with Crippen LogP contribution >= 0.6 is 0 Å². The molecule has 25 heavy (non-hydrogen) atoms. The highest BCUT2D eigenvalue weighted by Gasteiger charge is 2.24. The third-order valence-corrected chi connectivity index (χ3v) is 4.05. The minimum Gasteiger partial charge on any atom is -0.331 e. The van der Waals surface area contributed by atoms with Crippen LogP contribution in [0, 0.1) is 29.8 Å². The van der Waals surface area contributed by atoms with Crippen molar-refractivity contribution in [1.29, 1.82) is 0 Å². The summed E-state index contributed by atoms with van der Waals surface area (Å²) < 4.78 is 15.5. The fraction of sp³-hybridized carbons (Fsp3) is 0.176. The molecule has 0 aliphatic rings. The predicted octanol–water partition coefficient (Wildman–Crippen LogP) is 3.49. The topological polar surface area (TPSA) is 90.1 Å². The van der Waals surface area contributed by atoms with E-state index < -0.39 is 22.3 Å². The van der Waals surface area contributed by atoms with Gasteiger partial charge in [0.1, 0.15) is 17.2 Å². The number of halogens is 1. The summed E-state index contributed by atoms with van der Waals surface area (Å²) in [5, 5.41) is 13.8. The monoisotopic (exact) mass is 342 g/mol. The first-order valence-electron chi connectivity index (χ1n) is 7.47. The first kappa shape index (κ1) is 16.6. The zero-order valence-corrected chi connectivity index (χ0v) is 13.8. The molecule has 0 unspecified atom stereocenters. The Balaban J connectivity index is 1.99. The van der Waals surface area contributed by atoms with Gasteiger partial charge in [0.05, 0.1) is 16.0 Å². The SMILES string of the molecule is Cc1cc(F)cc(C(=O)Nc2ccc3c(c2)nc(C)n3C)c1[N+](=O)[O-]. The van der Waals surface area contributed by atoms with Crippen molar-refractivity contribution in [2.24, 2.45) is 7.05 Å². The number of hydrogen-bond donors (Lipinski definition) is 1. The van der Waals surface area contributed by atoms with Crippen molar-refractivity contribution < 1.29 is 14.1 Å². The molecule has 2 aromatic carbocycles. The average Bonchev–Trinajstić information content (AvgIpc) is 2.80. The van der Waals surface area contributed by atoms with E-state index in [1.165, 1.54) is 6.92 Å². The summed E-state index contributed by atoms with van der Waals surface area (Å²) in [7, 11) is 1.88. The lowest BCUT2D eigenvalue weighted by Crippen LogP contribution is -2.15. The Bertz CT molecular complexity index is 1030. The molecule has 0 bridgehead atoms. The van der Waals surface area contributed by atoms with E-state index in [0.717, 1.165) is 23.5 Å². The van der Waals surface area contributed by atoms with Gasteiger partial charge in [-0.2, -0.15) is 0 Å². The molecule has 8 heteroatoms. The average molecular weight is 342 g/mol. The maximum absolute atomic E-state index is 13.6. The molecule has 7 nitrogen and oxygen atoms in total. The van der Waals surface area contributed by atoms with Crippen LogP contribution in [0.1, 0.15) is 21.7 Å². The number of nitro benzene ring substituents is 1. The molecular formula is C17H15FN4O3. The maximum atomic E-state index is 13.6. The van der Waals surface area contributed by atoms with E-state index in [4.69, 9.17) is 0 Å². The third kappa shape index (κ3) is 2.93. The number of aryl methyl sites for hydroxylation is 3. The standard InChI is InChI=1S/C17H15FN4O3/c1-9-6-11(18)7-13(16(9)22(24)25)17(23)20-12-4-5-15-14(8-12)19-10(2)21(15)3/h4-8H,1-3H3,(H,20,23). The number of nitro groups is 1. The number of hydrogen-bond acceptors (Lipinski definition) is 4. The quantitative estimate of drug-likeness (QED) is 0.583. The van der Waals surface area contributed by atoms with E-state index in [2.05, 4.69) is 10.3 Å². The van der Waals surface area contributed by atoms with Gasteiger partial charge >= 0.3 is 0 Å². The molecule has 0 spiro atoms. The fourth-order valence-corrected chi connectivity index (χ4v) is 2.75. The normalized spacial score (nSPS) is 10.9. The summed E-state index contributed by atoms with van der Waals surface area (Å²) in [4.78, 5) is 27.3. The lowest BCUT2D eigenvalue weighted by atomic mass is 10.1. The van der Waals surface area contributed by atoms with Crippen molar-refractivity contribution >= 4 is 28.3 Å². The number of anilines is 1. The molecule has 0 saturated heterocycles. The van der Waals surface area contributed by atoms with Crippen molar-refractivity contribution in [3.63, 3.8) is 0 Å². The molecule has 1 amide bonds. The Hall–Kier alpha value is -3.29. The van der Waals surface area contributed by atoms with E-state index >= 15 is 0 Å². The molecule has 1 aromatic heterocycles. The van der Waals surface area contributed by atoms with Crippen LogP contribution in [-0.2, 0) is 7.05 Å². The summed E-state index contributed by atoms with van der Waals surface area (Å²) >= 11 is 0. The summed E-state index contributed by atoms with van der Waals surface area (Å²) in [5.41, 5.74) is 1.36. The number of nitrogens with zero attached hydrogens (tertiary/aromatic N) is 3. The van der Waals surface area contributed by atoms with Crippen molar-refractivity contribution in [3.8, 4) is 0 Å². The van der Waals surface area contributed by atoms with Crippen LogP contribution in [0.5, 0.6) is 0 Å². The Morgan fingerprint density at radius 1 is 1.28 bits per heavy atom. The molecule has 128 valence electrons. The largest absolute Gasteiger partial charge is 0.331 e. The van der Waals surface area contributed by atoms with Gasteiger partial charge < -0.3 is 9.88 Å². The Labute approximate surface area is 142 Å². The molecule has 0 fully saturated rings. The zero-order valence-electron chi connectivity index (χ0n) is 13.8. The van der Waals surface area contributed by atoms with Gasteiger partial charge in [0.2, 0.25) is 0 Å². The lowest BCUT2D eigenvalue weighted by molar-refractivity contribution is -0.385. The van der Waals surface area contributed by atoms with Crippen molar-refractivity contribution in [1.82, 2.24) is 9.55 Å². The first-order chi connectivity index (χ1) is 11.8. The minimum absolute atomic E-state index is 0.0888. The summed E-state index contributed by atoms with van der Waals surface area (Å²) in [6.45, 7) is 3.25. The van der Waals surface area contributed by atoms with Crippen LogP contribution in [0.3, 0.4) is 0 Å². The van der Waals surface area contributed by atoms with E-state index in [0.29, 0.717) is 11.2 Å².